The van der Waals surface area contributed by atoms with Crippen LogP contribution in [0.3, 0.4) is 0 Å². The third-order valence-corrected chi connectivity index (χ3v) is 1.04. The number of nitrogens with one attached hydrogen (secondary N) is 1. The van der Waals surface area contributed by atoms with E-state index >= 15 is 0 Å². The Labute approximate surface area is 52.3 Å². The molecule has 0 saturated carbocycles. The second kappa shape index (κ2) is 2.10. The van der Waals surface area contributed by atoms with Crippen LogP contribution in [0.5, 0.6) is 0 Å². The van der Waals surface area contributed by atoms with Gasteiger partial charge in [-0.05, 0) is 6.92 Å². The normalized spacial score (nSPS) is 28.2. The Morgan fingerprint density at radius 1 is 1.89 bits per heavy atom. The molecule has 0 saturated heterocycles. The van der Waals surface area contributed by atoms with Crippen LogP contribution in [0.2, 0.25) is 0 Å². The zero-order valence-corrected chi connectivity index (χ0v) is 5.03. The summed E-state index contributed by atoms with van der Waals surface area (Å²) in [6, 6.07) is -0.572. The van der Waals surface area contributed by atoms with Crippen molar-refractivity contribution in [1.82, 2.24) is 5.32 Å². The third-order valence-electron chi connectivity index (χ3n) is 1.04. The van der Waals surface area contributed by atoms with Gasteiger partial charge in [0.25, 0.3) is 0 Å². The van der Waals surface area contributed by atoms with Crippen LogP contribution >= 0.6 is 0 Å². The summed E-state index contributed by atoms with van der Waals surface area (Å²) in [5.74, 6) is 0. The summed E-state index contributed by atoms with van der Waals surface area (Å²) in [7, 11) is 0. The van der Waals surface area contributed by atoms with Crippen molar-refractivity contribution in [2.24, 2.45) is 16.0 Å². The van der Waals surface area contributed by atoms with E-state index in [9.17, 15) is 4.79 Å². The molecule has 1 aliphatic heterocycles. The van der Waals surface area contributed by atoms with E-state index in [1.807, 2.05) is 0 Å². The minimum absolute atomic E-state index is 0.166. The molecule has 0 spiro atoms. The predicted molar refractivity (Wildman–Crippen MR) is 30.8 cm³/mol. The highest BCUT2D eigenvalue weighted by atomic mass is 16.2. The van der Waals surface area contributed by atoms with Gasteiger partial charge in [0.2, 0.25) is 0 Å². The van der Waals surface area contributed by atoms with Gasteiger partial charge >= 0.3 is 6.03 Å². The van der Waals surface area contributed by atoms with Gasteiger partial charge in [0, 0.05) is 6.04 Å². The topological polar surface area (TPSA) is 79.8 Å². The summed E-state index contributed by atoms with van der Waals surface area (Å²) in [4.78, 5) is 10.3. The molecule has 50 valence electrons. The molecule has 9 heavy (non-hydrogen) atoms. The molecule has 1 rings (SSSR count). The first-order chi connectivity index (χ1) is 4.20. The van der Waals surface area contributed by atoms with Gasteiger partial charge in [-0.2, -0.15) is 5.11 Å². The Hall–Kier alpha value is -0.970. The molecule has 0 fully saturated rings. The Bertz CT molecular complexity index is 153. The molecule has 2 amide bonds. The van der Waals surface area contributed by atoms with Gasteiger partial charge in [0.05, 0.1) is 0 Å². The second-order valence-corrected chi connectivity index (χ2v) is 1.97. The minimum atomic E-state index is -0.405. The van der Waals surface area contributed by atoms with Crippen LogP contribution in [-0.4, -0.2) is 18.2 Å². The van der Waals surface area contributed by atoms with Crippen LogP contribution in [0.4, 0.5) is 4.79 Å². The molecule has 1 aliphatic rings. The number of rotatable bonds is 1. The fourth-order valence-corrected chi connectivity index (χ4v) is 0.535. The van der Waals surface area contributed by atoms with Gasteiger partial charge < -0.3 is 11.1 Å². The van der Waals surface area contributed by atoms with E-state index in [1.165, 1.54) is 0 Å². The average Bonchev–Trinajstić information content (AvgIpc) is 2.14. The first kappa shape index (κ1) is 6.15. The maximum atomic E-state index is 10.3. The fraction of sp³-hybridized carbons (Fsp3) is 0.750. The molecule has 5 nitrogen and oxygen atoms in total. The van der Waals surface area contributed by atoms with Gasteiger partial charge in [-0.1, -0.05) is 5.11 Å². The Balaban J connectivity index is 2.50. The zero-order chi connectivity index (χ0) is 6.85. The van der Waals surface area contributed by atoms with Crippen molar-refractivity contribution < 1.29 is 4.79 Å². The molecule has 1 heterocycles. The molecular weight excluding hydrogens is 120 g/mol. The molecule has 2 atom stereocenters. The number of carbonyl (C=O) groups is 1. The molecule has 5 heteroatoms. The van der Waals surface area contributed by atoms with Gasteiger partial charge in [0.1, 0.15) is 0 Å². The number of amides is 2. The van der Waals surface area contributed by atoms with E-state index in [2.05, 4.69) is 15.5 Å². The van der Waals surface area contributed by atoms with E-state index in [0.717, 1.165) is 0 Å². The Morgan fingerprint density at radius 2 is 2.56 bits per heavy atom. The highest BCUT2D eigenvalue weighted by Crippen LogP contribution is 2.00. The lowest BCUT2D eigenvalue weighted by molar-refractivity contribution is 0.249. The van der Waals surface area contributed by atoms with Crippen LogP contribution in [0.1, 0.15) is 6.92 Å². The molecule has 0 aromatic carbocycles. The van der Waals surface area contributed by atoms with Crippen LogP contribution < -0.4 is 11.1 Å². The summed E-state index contributed by atoms with van der Waals surface area (Å²) >= 11 is 0. The van der Waals surface area contributed by atoms with Crippen LogP contribution in [0, 0.1) is 0 Å². The van der Waals surface area contributed by atoms with E-state index in [-0.39, 0.29) is 12.2 Å². The maximum absolute atomic E-state index is 10.3. The summed E-state index contributed by atoms with van der Waals surface area (Å²) in [6.45, 7) is 1.76. The third kappa shape index (κ3) is 1.23. The van der Waals surface area contributed by atoms with E-state index in [1.54, 1.807) is 6.92 Å². The minimum Gasteiger partial charge on any atom is -0.324 e. The number of azo groups is 1. The van der Waals surface area contributed by atoms with Crippen molar-refractivity contribution in [3.05, 3.63) is 0 Å². The molecule has 0 bridgehead atoms. The maximum Gasteiger partial charge on any atom is 0.361 e. The van der Waals surface area contributed by atoms with Crippen LogP contribution in [0.25, 0.3) is 0 Å². The lowest BCUT2D eigenvalue weighted by atomic mass is 10.3. The van der Waals surface area contributed by atoms with Gasteiger partial charge in [-0.15, -0.1) is 0 Å². The fourth-order valence-electron chi connectivity index (χ4n) is 0.535. The lowest BCUT2D eigenvalue weighted by Gasteiger charge is -2.07. The monoisotopic (exact) mass is 128 g/mol. The molecule has 2 unspecified atom stereocenters. The first-order valence-corrected chi connectivity index (χ1v) is 2.67. The molecule has 0 aliphatic carbocycles. The Morgan fingerprint density at radius 3 is 2.78 bits per heavy atom. The van der Waals surface area contributed by atoms with Crippen LogP contribution in [-0.2, 0) is 0 Å². The predicted octanol–water partition coefficient (Wildman–Crippen LogP) is -0.165. The van der Waals surface area contributed by atoms with Gasteiger partial charge in [-0.3, -0.25) is 0 Å². The first-order valence-electron chi connectivity index (χ1n) is 2.67. The van der Waals surface area contributed by atoms with E-state index in [0.29, 0.717) is 0 Å². The highest BCUT2D eigenvalue weighted by molar-refractivity contribution is 5.76. The van der Waals surface area contributed by atoms with E-state index < -0.39 is 6.03 Å². The molecular formula is C4H8N4O. The smallest absolute Gasteiger partial charge is 0.324 e. The number of urea groups is 1. The molecule has 0 aromatic heterocycles. The molecule has 0 radical (unpaired) electrons. The summed E-state index contributed by atoms with van der Waals surface area (Å²) < 4.78 is 0. The second-order valence-electron chi connectivity index (χ2n) is 1.97. The molecule has 0 aromatic rings. The summed E-state index contributed by atoms with van der Waals surface area (Å²) in [5.41, 5.74) is 5.39. The van der Waals surface area contributed by atoms with Gasteiger partial charge in [0.15, 0.2) is 6.17 Å². The van der Waals surface area contributed by atoms with Crippen molar-refractivity contribution in [3.8, 4) is 0 Å². The van der Waals surface area contributed by atoms with Crippen molar-refractivity contribution >= 4 is 6.03 Å². The number of nitrogens with two attached hydrogens (primary N) is 1. The van der Waals surface area contributed by atoms with Crippen LogP contribution in [0.15, 0.2) is 10.2 Å². The van der Waals surface area contributed by atoms with Crippen molar-refractivity contribution in [1.29, 1.82) is 0 Å². The average molecular weight is 128 g/mol. The van der Waals surface area contributed by atoms with Crippen molar-refractivity contribution in [3.63, 3.8) is 0 Å². The van der Waals surface area contributed by atoms with Crippen molar-refractivity contribution in [2.75, 3.05) is 0 Å². The Kier molecular flexibility index (Phi) is 1.44. The summed E-state index contributed by atoms with van der Waals surface area (Å²) in [5, 5.41) is 9.25. The van der Waals surface area contributed by atoms with Gasteiger partial charge in [-0.25, -0.2) is 4.79 Å². The lowest BCUT2D eigenvalue weighted by Crippen LogP contribution is -2.40. The zero-order valence-electron chi connectivity index (χ0n) is 5.03. The number of nitrogens with zero attached hydrogens (tertiary/aromatic N) is 2. The SMILES string of the molecule is CC(N)C1N=NC(=O)N1. The standard InChI is InChI=1S/C4H8N4O/c1-2(5)3-6-4(9)8-7-3/h2-3H,5H2,1H3,(H,6,9). The largest absolute Gasteiger partial charge is 0.361 e. The highest BCUT2D eigenvalue weighted by Gasteiger charge is 2.20. The van der Waals surface area contributed by atoms with E-state index in [4.69, 9.17) is 5.73 Å². The number of carbonyl (C=O) groups excluding carboxylic acids is 1. The van der Waals surface area contributed by atoms with Crippen molar-refractivity contribution in [2.45, 2.75) is 19.1 Å². The summed E-state index contributed by atoms with van der Waals surface area (Å²) in [6.07, 6.45) is -0.322. The number of hydrogen-bond donors (Lipinski definition) is 2. The molecule has 3 N–H and O–H groups in total. The number of hydrogen-bond acceptors (Lipinski definition) is 3. The quantitative estimate of drug-likeness (QED) is 0.514.